The first-order valence-electron chi connectivity index (χ1n) is 4.30. The van der Waals surface area contributed by atoms with E-state index in [-0.39, 0.29) is 0 Å². The summed E-state index contributed by atoms with van der Waals surface area (Å²) in [6.07, 6.45) is 0. The second kappa shape index (κ2) is 2.48. The fourth-order valence-electron chi connectivity index (χ4n) is 1.22. The van der Waals surface area contributed by atoms with Crippen LogP contribution in [0.1, 0.15) is 31.3 Å². The normalized spacial score (nSPS) is 11.7. The summed E-state index contributed by atoms with van der Waals surface area (Å²) in [5, 5.41) is 8.43. The minimum absolute atomic E-state index is 0.362. The summed E-state index contributed by atoms with van der Waals surface area (Å²) in [5.41, 5.74) is 8.08. The summed E-state index contributed by atoms with van der Waals surface area (Å²) in [5.74, 6) is 1.27. The molecule has 0 fully saturated rings. The van der Waals surface area contributed by atoms with Crippen LogP contribution in [0.25, 0.3) is 5.65 Å². The van der Waals surface area contributed by atoms with Crippen molar-refractivity contribution in [1.82, 2.24) is 19.8 Å². The van der Waals surface area contributed by atoms with Gasteiger partial charge in [0, 0.05) is 5.92 Å². The molecule has 0 spiro atoms. The van der Waals surface area contributed by atoms with Gasteiger partial charge in [-0.25, -0.2) is 0 Å². The van der Waals surface area contributed by atoms with Crippen molar-refractivity contribution in [3.63, 3.8) is 0 Å². The molecule has 0 aliphatic carbocycles. The maximum absolute atomic E-state index is 5.80. The molecule has 0 amide bonds. The van der Waals surface area contributed by atoms with Gasteiger partial charge in [-0.15, -0.1) is 9.73 Å². The van der Waals surface area contributed by atoms with Gasteiger partial charge in [-0.1, -0.05) is 13.8 Å². The van der Waals surface area contributed by atoms with Crippen molar-refractivity contribution >= 4 is 11.3 Å². The van der Waals surface area contributed by atoms with E-state index in [0.717, 1.165) is 17.2 Å². The minimum Gasteiger partial charge on any atom is -0.394 e. The Labute approximate surface area is 75.9 Å². The highest BCUT2D eigenvalue weighted by atomic mass is 15.5. The van der Waals surface area contributed by atoms with Crippen molar-refractivity contribution in [3.05, 3.63) is 11.5 Å². The van der Waals surface area contributed by atoms with Crippen molar-refractivity contribution in [2.75, 3.05) is 5.73 Å². The van der Waals surface area contributed by atoms with Crippen molar-refractivity contribution in [1.29, 1.82) is 0 Å². The number of aromatic amines is 1. The van der Waals surface area contributed by atoms with E-state index in [1.54, 1.807) is 4.63 Å². The maximum Gasteiger partial charge on any atom is 0.179 e. The summed E-state index contributed by atoms with van der Waals surface area (Å²) in [4.78, 5) is 3.15. The minimum atomic E-state index is 0.362. The van der Waals surface area contributed by atoms with E-state index in [1.807, 2.05) is 6.92 Å². The van der Waals surface area contributed by atoms with E-state index in [2.05, 4.69) is 29.0 Å². The molecule has 5 heteroatoms. The van der Waals surface area contributed by atoms with Gasteiger partial charge in [-0.05, 0) is 6.92 Å². The van der Waals surface area contributed by atoms with Gasteiger partial charge in [-0.3, -0.25) is 0 Å². The van der Waals surface area contributed by atoms with Gasteiger partial charge >= 0.3 is 0 Å². The quantitative estimate of drug-likeness (QED) is 0.687. The number of H-pyrrole nitrogens is 1. The lowest BCUT2D eigenvalue weighted by molar-refractivity contribution is 0.725. The lowest BCUT2D eigenvalue weighted by Gasteiger charge is -1.95. The number of nitrogen functional groups attached to an aromatic ring is 1. The van der Waals surface area contributed by atoms with E-state index >= 15 is 0 Å². The average molecular weight is 179 g/mol. The Hall–Kier alpha value is -1.52. The Morgan fingerprint density at radius 3 is 2.62 bits per heavy atom. The number of aryl methyl sites for hydroxylation is 1. The number of anilines is 1. The molecule has 0 bridgehead atoms. The van der Waals surface area contributed by atoms with Crippen molar-refractivity contribution in [3.8, 4) is 0 Å². The zero-order chi connectivity index (χ0) is 9.59. The lowest BCUT2D eigenvalue weighted by Crippen LogP contribution is -1.93. The maximum atomic E-state index is 5.80. The van der Waals surface area contributed by atoms with E-state index in [0.29, 0.717) is 11.6 Å². The number of nitrogens with zero attached hydrogens (tertiary/aromatic N) is 3. The van der Waals surface area contributed by atoms with E-state index in [4.69, 9.17) is 5.73 Å². The first kappa shape index (κ1) is 8.10. The first-order valence-corrected chi connectivity index (χ1v) is 4.30. The number of rotatable bonds is 1. The zero-order valence-electron chi connectivity index (χ0n) is 8.00. The van der Waals surface area contributed by atoms with Crippen LogP contribution in [0.3, 0.4) is 0 Å². The summed E-state index contributed by atoms with van der Waals surface area (Å²) < 4.78 is 1.56. The standard InChI is InChI=1S/C8H13N5/c1-4(2)7-10-8-6(9)5(3)11-13(8)12-7/h4H,9H2,1-3H3,(H,10,12). The molecular weight excluding hydrogens is 166 g/mol. The number of nitrogens with two attached hydrogens (primary N) is 1. The number of fused-ring (bicyclic) bond motifs is 1. The van der Waals surface area contributed by atoms with Crippen LogP contribution in [-0.4, -0.2) is 19.8 Å². The largest absolute Gasteiger partial charge is 0.394 e. The molecule has 13 heavy (non-hydrogen) atoms. The second-order valence-corrected chi connectivity index (χ2v) is 3.50. The molecule has 2 rings (SSSR count). The molecule has 0 aliphatic rings. The molecule has 0 atom stereocenters. The van der Waals surface area contributed by atoms with Gasteiger partial charge in [0.2, 0.25) is 0 Å². The van der Waals surface area contributed by atoms with E-state index in [1.165, 1.54) is 0 Å². The second-order valence-electron chi connectivity index (χ2n) is 3.50. The van der Waals surface area contributed by atoms with Crippen molar-refractivity contribution in [2.45, 2.75) is 26.7 Å². The molecule has 5 nitrogen and oxygen atoms in total. The van der Waals surface area contributed by atoms with Crippen LogP contribution in [0.5, 0.6) is 0 Å². The number of nitrogens with one attached hydrogen (secondary N) is 1. The van der Waals surface area contributed by atoms with Crippen LogP contribution in [0, 0.1) is 6.92 Å². The molecule has 3 N–H and O–H groups in total. The molecule has 0 unspecified atom stereocenters. The number of hydrogen-bond donors (Lipinski definition) is 2. The monoisotopic (exact) mass is 179 g/mol. The van der Waals surface area contributed by atoms with Gasteiger partial charge < -0.3 is 10.7 Å². The third-order valence-corrected chi connectivity index (χ3v) is 2.09. The third-order valence-electron chi connectivity index (χ3n) is 2.09. The molecule has 0 radical (unpaired) electrons. The van der Waals surface area contributed by atoms with Gasteiger partial charge in [-0.2, -0.15) is 5.10 Å². The van der Waals surface area contributed by atoms with Crippen LogP contribution in [0.4, 0.5) is 5.69 Å². The molecular formula is C8H13N5. The Morgan fingerprint density at radius 1 is 1.38 bits per heavy atom. The van der Waals surface area contributed by atoms with Crippen LogP contribution < -0.4 is 5.73 Å². The molecule has 2 aromatic rings. The lowest BCUT2D eigenvalue weighted by atomic mass is 10.2. The SMILES string of the molecule is Cc1nn2nc(C(C)C)[nH]c2c1N. The molecule has 2 aromatic heterocycles. The smallest absolute Gasteiger partial charge is 0.179 e. The Bertz CT molecular complexity index is 437. The molecule has 70 valence electrons. The van der Waals surface area contributed by atoms with Crippen LogP contribution >= 0.6 is 0 Å². The summed E-state index contributed by atoms with van der Waals surface area (Å²) in [6, 6.07) is 0. The molecule has 0 saturated heterocycles. The van der Waals surface area contributed by atoms with Crippen LogP contribution in [-0.2, 0) is 0 Å². The van der Waals surface area contributed by atoms with Crippen LogP contribution in [0.2, 0.25) is 0 Å². The van der Waals surface area contributed by atoms with E-state index < -0.39 is 0 Å². The van der Waals surface area contributed by atoms with Gasteiger partial charge in [0.05, 0.1) is 5.69 Å². The Balaban J connectivity index is 2.65. The van der Waals surface area contributed by atoms with Crippen molar-refractivity contribution < 1.29 is 0 Å². The Morgan fingerprint density at radius 2 is 2.08 bits per heavy atom. The zero-order valence-corrected chi connectivity index (χ0v) is 8.00. The first-order chi connectivity index (χ1) is 6.09. The van der Waals surface area contributed by atoms with Gasteiger partial charge in [0.1, 0.15) is 11.5 Å². The summed E-state index contributed by atoms with van der Waals surface area (Å²) >= 11 is 0. The van der Waals surface area contributed by atoms with E-state index in [9.17, 15) is 0 Å². The number of aromatic nitrogens is 4. The highest BCUT2D eigenvalue weighted by Crippen LogP contribution is 2.17. The average Bonchev–Trinajstić information content (AvgIpc) is 2.55. The van der Waals surface area contributed by atoms with Gasteiger partial charge in [0.25, 0.3) is 0 Å². The fraction of sp³-hybridized carbons (Fsp3) is 0.500. The highest BCUT2D eigenvalue weighted by molar-refractivity contribution is 5.66. The summed E-state index contributed by atoms with van der Waals surface area (Å²) in [7, 11) is 0. The molecule has 2 heterocycles. The molecule has 0 saturated carbocycles. The fourth-order valence-corrected chi connectivity index (χ4v) is 1.22. The van der Waals surface area contributed by atoms with Crippen LogP contribution in [0.15, 0.2) is 0 Å². The highest BCUT2D eigenvalue weighted by Gasteiger charge is 2.12. The predicted octanol–water partition coefficient (Wildman–Crippen LogP) is 1.07. The number of hydrogen-bond acceptors (Lipinski definition) is 3. The Kier molecular flexibility index (Phi) is 1.55. The predicted molar refractivity (Wildman–Crippen MR) is 50.6 cm³/mol. The van der Waals surface area contributed by atoms with Gasteiger partial charge in [0.15, 0.2) is 5.65 Å². The molecule has 0 aliphatic heterocycles. The molecule has 0 aromatic carbocycles. The topological polar surface area (TPSA) is 72.0 Å². The third kappa shape index (κ3) is 1.07. The van der Waals surface area contributed by atoms with Crippen molar-refractivity contribution in [2.24, 2.45) is 0 Å². The summed E-state index contributed by atoms with van der Waals surface area (Å²) in [6.45, 7) is 6.01.